The van der Waals surface area contributed by atoms with Crippen LogP contribution in [0.15, 0.2) is 29.2 Å². The summed E-state index contributed by atoms with van der Waals surface area (Å²) in [5, 5.41) is 2.39. The van der Waals surface area contributed by atoms with Crippen molar-refractivity contribution in [3.05, 3.63) is 29.8 Å². The predicted octanol–water partition coefficient (Wildman–Crippen LogP) is 0.627. The third kappa shape index (κ3) is 6.57. The second-order valence-corrected chi connectivity index (χ2v) is 7.90. The molecule has 0 aromatic heterocycles. The van der Waals surface area contributed by atoms with Crippen molar-refractivity contribution in [1.82, 2.24) is 10.0 Å². The van der Waals surface area contributed by atoms with Crippen LogP contribution in [0.2, 0.25) is 0 Å². The minimum atomic E-state index is -3.77. The van der Waals surface area contributed by atoms with E-state index in [0.717, 1.165) is 12.8 Å². The molecule has 1 aliphatic rings. The van der Waals surface area contributed by atoms with E-state index in [-0.39, 0.29) is 30.2 Å². The fourth-order valence-corrected chi connectivity index (χ4v) is 3.09. The molecule has 1 saturated carbocycles. The first-order valence-electron chi connectivity index (χ1n) is 8.31. The first-order valence-corrected chi connectivity index (χ1v) is 9.79. The van der Waals surface area contributed by atoms with E-state index in [0.29, 0.717) is 18.1 Å². The van der Waals surface area contributed by atoms with Gasteiger partial charge in [0, 0.05) is 18.5 Å². The van der Waals surface area contributed by atoms with Gasteiger partial charge in [-0.05, 0) is 37.8 Å². The number of amides is 1. The van der Waals surface area contributed by atoms with Crippen LogP contribution in [-0.2, 0) is 24.3 Å². The molecule has 2 rings (SSSR count). The van der Waals surface area contributed by atoms with Crippen LogP contribution >= 0.6 is 0 Å². The summed E-state index contributed by atoms with van der Waals surface area (Å²) < 4.78 is 31.5. The lowest BCUT2D eigenvalue weighted by Crippen LogP contribution is -2.34. The van der Waals surface area contributed by atoms with E-state index < -0.39 is 21.9 Å². The highest BCUT2D eigenvalue weighted by molar-refractivity contribution is 7.89. The Kier molecular flexibility index (Phi) is 6.87. The Hall–Kier alpha value is -2.26. The van der Waals surface area contributed by atoms with Crippen molar-refractivity contribution in [3.63, 3.8) is 0 Å². The molecule has 1 aromatic rings. The minimum absolute atomic E-state index is 0.00608. The molecule has 9 heteroatoms. The molecule has 26 heavy (non-hydrogen) atoms. The molecule has 0 atom stereocenters. The van der Waals surface area contributed by atoms with Gasteiger partial charge < -0.3 is 10.1 Å². The van der Waals surface area contributed by atoms with Crippen molar-refractivity contribution in [1.29, 1.82) is 0 Å². The van der Waals surface area contributed by atoms with Crippen molar-refractivity contribution >= 4 is 27.7 Å². The molecule has 0 aliphatic heterocycles. The maximum atomic E-state index is 12.1. The van der Waals surface area contributed by atoms with Gasteiger partial charge in [0.2, 0.25) is 15.9 Å². The topological polar surface area (TPSA) is 119 Å². The van der Waals surface area contributed by atoms with Crippen molar-refractivity contribution in [3.8, 4) is 0 Å². The number of benzene rings is 1. The molecule has 0 radical (unpaired) electrons. The zero-order valence-corrected chi connectivity index (χ0v) is 15.3. The first kappa shape index (κ1) is 20.1. The summed E-state index contributed by atoms with van der Waals surface area (Å²) in [6.07, 6.45) is 2.02. The Balaban J connectivity index is 1.70. The third-order valence-corrected chi connectivity index (χ3v) is 5.30. The van der Waals surface area contributed by atoms with Crippen molar-refractivity contribution in [2.75, 3.05) is 19.7 Å². The van der Waals surface area contributed by atoms with Crippen LogP contribution in [0.25, 0.3) is 0 Å². The maximum Gasteiger partial charge on any atom is 0.325 e. The van der Waals surface area contributed by atoms with Crippen LogP contribution in [0.5, 0.6) is 0 Å². The summed E-state index contributed by atoms with van der Waals surface area (Å²) >= 11 is 0. The summed E-state index contributed by atoms with van der Waals surface area (Å²) in [6.45, 7) is 1.43. The fourth-order valence-electron chi connectivity index (χ4n) is 2.06. The molecule has 1 amide bonds. The van der Waals surface area contributed by atoms with Crippen molar-refractivity contribution in [2.24, 2.45) is 5.92 Å². The number of hydrogen-bond donors (Lipinski definition) is 2. The van der Waals surface area contributed by atoms with E-state index in [2.05, 4.69) is 10.0 Å². The Morgan fingerprint density at radius 2 is 1.81 bits per heavy atom. The Labute approximate surface area is 152 Å². The smallest absolute Gasteiger partial charge is 0.325 e. The van der Waals surface area contributed by atoms with Gasteiger partial charge in [-0.15, -0.1) is 0 Å². The van der Waals surface area contributed by atoms with Gasteiger partial charge in [0.15, 0.2) is 5.78 Å². The quantitative estimate of drug-likeness (QED) is 0.452. The standard InChI is InChI=1S/C17H22N2O6S/c1-12(20)14-4-6-15(7-5-14)26(23,24)19-9-8-16(21)18-10-17(22)25-11-13-2-3-13/h4-7,13,19H,2-3,8-11H2,1H3,(H,18,21). The number of nitrogens with one attached hydrogen (secondary N) is 2. The fraction of sp³-hybridized carbons (Fsp3) is 0.471. The third-order valence-electron chi connectivity index (χ3n) is 3.82. The highest BCUT2D eigenvalue weighted by Gasteiger charge is 2.23. The predicted molar refractivity (Wildman–Crippen MR) is 92.9 cm³/mol. The number of esters is 1. The zero-order chi connectivity index (χ0) is 19.2. The summed E-state index contributed by atoms with van der Waals surface area (Å²) in [7, 11) is -3.77. The van der Waals surface area contributed by atoms with Crippen LogP contribution < -0.4 is 10.0 Å². The second-order valence-electron chi connectivity index (χ2n) is 6.13. The number of carbonyl (C=O) groups is 3. The van der Waals surface area contributed by atoms with Gasteiger partial charge in [0.05, 0.1) is 11.5 Å². The molecular formula is C17H22N2O6S. The molecule has 1 fully saturated rings. The number of rotatable bonds is 10. The number of Topliss-reactive ketones (excluding diaryl/α,β-unsaturated/α-hetero) is 1. The summed E-state index contributed by atoms with van der Waals surface area (Å²) in [6, 6.07) is 5.51. The molecule has 0 spiro atoms. The summed E-state index contributed by atoms with van der Waals surface area (Å²) in [5.41, 5.74) is 0.414. The molecule has 0 saturated heterocycles. The largest absolute Gasteiger partial charge is 0.464 e. The molecular weight excluding hydrogens is 360 g/mol. The molecule has 0 heterocycles. The van der Waals surface area contributed by atoms with Gasteiger partial charge in [-0.2, -0.15) is 0 Å². The lowest BCUT2D eigenvalue weighted by atomic mass is 10.2. The van der Waals surface area contributed by atoms with Gasteiger partial charge in [-0.25, -0.2) is 13.1 Å². The Bertz CT molecular complexity index is 769. The van der Waals surface area contributed by atoms with Crippen LogP contribution in [0, 0.1) is 5.92 Å². The summed E-state index contributed by atoms with van der Waals surface area (Å²) in [4.78, 5) is 34.3. The van der Waals surface area contributed by atoms with Crippen LogP contribution in [0.1, 0.15) is 36.5 Å². The number of ether oxygens (including phenoxy) is 1. The maximum absolute atomic E-state index is 12.1. The van der Waals surface area contributed by atoms with E-state index in [1.165, 1.54) is 31.2 Å². The summed E-state index contributed by atoms with van der Waals surface area (Å²) in [5.74, 6) is -0.665. The van der Waals surface area contributed by atoms with E-state index >= 15 is 0 Å². The van der Waals surface area contributed by atoms with Crippen LogP contribution in [0.3, 0.4) is 0 Å². The van der Waals surface area contributed by atoms with E-state index in [9.17, 15) is 22.8 Å². The molecule has 8 nitrogen and oxygen atoms in total. The van der Waals surface area contributed by atoms with Crippen molar-refractivity contribution in [2.45, 2.75) is 31.1 Å². The van der Waals surface area contributed by atoms with Gasteiger partial charge >= 0.3 is 5.97 Å². The Morgan fingerprint density at radius 3 is 2.38 bits per heavy atom. The monoisotopic (exact) mass is 382 g/mol. The van der Waals surface area contributed by atoms with Crippen LogP contribution in [-0.4, -0.2) is 45.8 Å². The van der Waals surface area contributed by atoms with Gasteiger partial charge in [0.25, 0.3) is 0 Å². The van der Waals surface area contributed by atoms with E-state index in [4.69, 9.17) is 4.74 Å². The average Bonchev–Trinajstić information content (AvgIpc) is 3.42. The second kappa shape index (κ2) is 8.91. The van der Waals surface area contributed by atoms with Gasteiger partial charge in [0.1, 0.15) is 6.54 Å². The van der Waals surface area contributed by atoms with Crippen molar-refractivity contribution < 1.29 is 27.5 Å². The molecule has 0 bridgehead atoms. The van der Waals surface area contributed by atoms with E-state index in [1.54, 1.807) is 0 Å². The first-order chi connectivity index (χ1) is 12.3. The Morgan fingerprint density at radius 1 is 1.15 bits per heavy atom. The molecule has 1 aromatic carbocycles. The van der Waals surface area contributed by atoms with E-state index in [1.807, 2.05) is 0 Å². The minimum Gasteiger partial charge on any atom is -0.464 e. The molecule has 0 unspecified atom stereocenters. The molecule has 2 N–H and O–H groups in total. The normalized spacial score (nSPS) is 13.9. The molecule has 1 aliphatic carbocycles. The lowest BCUT2D eigenvalue weighted by Gasteiger charge is -2.08. The van der Waals surface area contributed by atoms with Gasteiger partial charge in [-0.1, -0.05) is 12.1 Å². The lowest BCUT2D eigenvalue weighted by molar-refractivity contribution is -0.144. The highest BCUT2D eigenvalue weighted by atomic mass is 32.2. The number of carbonyl (C=O) groups excluding carboxylic acids is 3. The number of sulfonamides is 1. The number of ketones is 1. The zero-order valence-electron chi connectivity index (χ0n) is 14.5. The average molecular weight is 382 g/mol. The van der Waals surface area contributed by atoms with Crippen LogP contribution in [0.4, 0.5) is 0 Å². The highest BCUT2D eigenvalue weighted by Crippen LogP contribution is 2.28. The number of hydrogen-bond acceptors (Lipinski definition) is 6. The van der Waals surface area contributed by atoms with Gasteiger partial charge in [-0.3, -0.25) is 14.4 Å². The molecule has 142 valence electrons. The SMILES string of the molecule is CC(=O)c1ccc(S(=O)(=O)NCCC(=O)NCC(=O)OCC2CC2)cc1.